The highest BCUT2D eigenvalue weighted by molar-refractivity contribution is 6.22. The van der Waals surface area contributed by atoms with Crippen LogP contribution in [0, 0.1) is 0 Å². The van der Waals surface area contributed by atoms with Crippen LogP contribution >= 0.6 is 0 Å². The van der Waals surface area contributed by atoms with Gasteiger partial charge in [-0.15, -0.1) is 0 Å². The van der Waals surface area contributed by atoms with Gasteiger partial charge in [-0.05, 0) is 153 Å². The van der Waals surface area contributed by atoms with Crippen molar-refractivity contribution in [2.45, 2.75) is 30.1 Å². The fraction of sp³-hybridized carbons (Fsp3) is 0.0549. The highest BCUT2D eigenvalue weighted by Gasteiger charge is 2.49. The maximum Gasteiger partial charge on any atom is 0.0742 e. The first kappa shape index (κ1) is 54.4. The minimum Gasteiger partial charge on any atom is -0.309 e. The molecule has 0 aromatic heterocycles. The van der Waals surface area contributed by atoms with Gasteiger partial charge < -0.3 is 9.80 Å². The fourth-order valence-electron chi connectivity index (χ4n) is 17.0. The largest absolute Gasteiger partial charge is 0.309 e. The minimum atomic E-state index is -0.694. The lowest BCUT2D eigenvalue weighted by atomic mass is 9.62. The van der Waals surface area contributed by atoms with Gasteiger partial charge in [0.25, 0.3) is 0 Å². The molecule has 0 saturated heterocycles. The van der Waals surface area contributed by atoms with Crippen molar-refractivity contribution in [1.82, 2.24) is 0 Å². The SMILES string of the molecule is CC1(C)c2ccccc2-c2c(-c3c4cccc(-c5cccc6c5N(c5ccccc5)c5ccccc5C6(c5ccccc5)c5ccccc5)c4cc4c(-c5cccc6c5N(c5ccccc5)c5ccccc5C6(c5ccccc5)c5ccccc5)cccc34)cccc21. The van der Waals surface area contributed by atoms with Crippen LogP contribution in [0.25, 0.3) is 66.1 Å². The molecule has 0 bridgehead atoms. The lowest BCUT2D eigenvalue weighted by molar-refractivity contribution is 0.660. The second kappa shape index (κ2) is 21.3. The van der Waals surface area contributed by atoms with Crippen LogP contribution in [-0.2, 0) is 16.2 Å². The minimum absolute atomic E-state index is 0.215. The van der Waals surface area contributed by atoms with Gasteiger partial charge in [0, 0.05) is 27.9 Å². The maximum absolute atomic E-state index is 2.56. The van der Waals surface area contributed by atoms with Gasteiger partial charge in [-0.3, -0.25) is 0 Å². The van der Waals surface area contributed by atoms with Crippen molar-refractivity contribution in [3.05, 3.63) is 407 Å². The molecule has 2 aliphatic heterocycles. The van der Waals surface area contributed by atoms with Crippen LogP contribution in [0.3, 0.4) is 0 Å². The molecule has 0 saturated carbocycles. The standard InChI is InChI=1S/C91H64N2/c1-89(2)77-52-22-21-44-73(77)86-74(51-31-55-80(86)89)85-69-47-27-45-67(71-49-29-56-81-87(71)92(65-40-17-7-18-41-65)83-58-25-23-53-78(83)90(81,61-32-9-3-10-33-61)62-34-11-4-12-35-62)75(69)60-76-68(46-28-48-70(76)85)72-50-30-57-82-88(72)93(66-42-19-8-20-43-66)84-59-26-24-54-79(84)91(82,63-36-13-5-14-37-63)64-38-15-6-16-39-64/h3-60H,1-2H3. The smallest absolute Gasteiger partial charge is 0.0742 e. The van der Waals surface area contributed by atoms with Crippen LogP contribution < -0.4 is 9.80 Å². The first-order valence-corrected chi connectivity index (χ1v) is 32.6. The molecule has 3 aliphatic rings. The molecule has 18 rings (SSSR count). The quantitative estimate of drug-likeness (QED) is 0.133. The van der Waals surface area contributed by atoms with Crippen molar-refractivity contribution >= 4 is 55.7 Å². The molecule has 2 heteroatoms. The normalized spacial score (nSPS) is 14.3. The van der Waals surface area contributed by atoms with E-state index in [1.54, 1.807) is 0 Å². The summed E-state index contributed by atoms with van der Waals surface area (Å²) in [6.45, 7) is 4.80. The third-order valence-corrected chi connectivity index (χ3v) is 20.8. The Morgan fingerprint density at radius 3 is 0.957 bits per heavy atom. The average molecular weight is 1190 g/mol. The topological polar surface area (TPSA) is 6.48 Å². The van der Waals surface area contributed by atoms with E-state index in [-0.39, 0.29) is 5.41 Å². The number of fused-ring (bicyclic) bond motifs is 9. The molecule has 0 radical (unpaired) electrons. The van der Waals surface area contributed by atoms with E-state index in [4.69, 9.17) is 0 Å². The zero-order valence-corrected chi connectivity index (χ0v) is 51.9. The van der Waals surface area contributed by atoms with Crippen LogP contribution in [0.1, 0.15) is 69.5 Å². The Balaban J connectivity index is 0.999. The predicted molar refractivity (Wildman–Crippen MR) is 388 cm³/mol. The first-order valence-electron chi connectivity index (χ1n) is 32.6. The van der Waals surface area contributed by atoms with E-state index < -0.39 is 10.8 Å². The molecule has 0 atom stereocenters. The Labute approximate surface area is 544 Å². The summed E-state index contributed by atoms with van der Waals surface area (Å²) in [5.41, 5.74) is 27.4. The van der Waals surface area contributed by atoms with Crippen molar-refractivity contribution in [3.8, 4) is 44.5 Å². The van der Waals surface area contributed by atoms with E-state index in [2.05, 4.69) is 375 Å². The van der Waals surface area contributed by atoms with E-state index in [0.717, 1.165) is 56.4 Å². The van der Waals surface area contributed by atoms with Gasteiger partial charge in [0.15, 0.2) is 0 Å². The number of para-hydroxylation sites is 6. The van der Waals surface area contributed by atoms with Crippen LogP contribution in [0.2, 0.25) is 0 Å². The average Bonchev–Trinajstić information content (AvgIpc) is 1.21. The molecule has 1 aliphatic carbocycles. The molecule has 93 heavy (non-hydrogen) atoms. The molecule has 2 nitrogen and oxygen atoms in total. The number of hydrogen-bond acceptors (Lipinski definition) is 2. The summed E-state index contributed by atoms with van der Waals surface area (Å²) in [6, 6.07) is 132. The Kier molecular flexibility index (Phi) is 12.4. The number of rotatable bonds is 9. The third-order valence-electron chi connectivity index (χ3n) is 20.8. The highest BCUT2D eigenvalue weighted by atomic mass is 15.2. The summed E-state index contributed by atoms with van der Waals surface area (Å²) in [5, 5.41) is 4.76. The zero-order chi connectivity index (χ0) is 61.8. The first-order chi connectivity index (χ1) is 46.0. The van der Waals surface area contributed by atoms with Gasteiger partial charge in [0.2, 0.25) is 0 Å². The maximum atomic E-state index is 2.56. The van der Waals surface area contributed by atoms with E-state index in [9.17, 15) is 0 Å². The number of anilines is 6. The number of benzene rings is 15. The molecule has 0 N–H and O–H groups in total. The second-order valence-corrected chi connectivity index (χ2v) is 25.7. The molecule has 438 valence electrons. The van der Waals surface area contributed by atoms with Gasteiger partial charge in [-0.2, -0.15) is 0 Å². The van der Waals surface area contributed by atoms with Crippen LogP contribution in [-0.4, -0.2) is 0 Å². The number of nitrogens with zero attached hydrogens (tertiary/aromatic N) is 2. The molecule has 0 spiro atoms. The van der Waals surface area contributed by atoms with Crippen LogP contribution in [0.15, 0.2) is 352 Å². The van der Waals surface area contributed by atoms with Gasteiger partial charge in [0.05, 0.1) is 33.6 Å². The number of hydrogen-bond donors (Lipinski definition) is 0. The molecular weight excluding hydrogens is 1120 g/mol. The van der Waals surface area contributed by atoms with Crippen molar-refractivity contribution in [2.24, 2.45) is 0 Å². The lowest BCUT2D eigenvalue weighted by Crippen LogP contribution is -2.38. The van der Waals surface area contributed by atoms with E-state index in [1.165, 1.54) is 99.4 Å². The predicted octanol–water partition coefficient (Wildman–Crippen LogP) is 23.6. The van der Waals surface area contributed by atoms with Crippen LogP contribution in [0.5, 0.6) is 0 Å². The second-order valence-electron chi connectivity index (χ2n) is 25.7. The molecule has 15 aromatic carbocycles. The Morgan fingerprint density at radius 2 is 0.527 bits per heavy atom. The summed E-state index contributed by atoms with van der Waals surface area (Å²) in [4.78, 5) is 5.11. The summed E-state index contributed by atoms with van der Waals surface area (Å²) in [5.74, 6) is 0. The summed E-state index contributed by atoms with van der Waals surface area (Å²) in [7, 11) is 0. The molecular formula is C91H64N2. The molecule has 0 amide bonds. The Hall–Kier alpha value is -11.6. The summed E-state index contributed by atoms with van der Waals surface area (Å²) < 4.78 is 0. The van der Waals surface area contributed by atoms with E-state index >= 15 is 0 Å². The van der Waals surface area contributed by atoms with Crippen molar-refractivity contribution in [1.29, 1.82) is 0 Å². The van der Waals surface area contributed by atoms with Crippen molar-refractivity contribution in [3.63, 3.8) is 0 Å². The molecule has 0 fully saturated rings. The van der Waals surface area contributed by atoms with E-state index in [0.29, 0.717) is 0 Å². The van der Waals surface area contributed by atoms with Gasteiger partial charge in [0.1, 0.15) is 0 Å². The van der Waals surface area contributed by atoms with Crippen molar-refractivity contribution in [2.75, 3.05) is 9.80 Å². The van der Waals surface area contributed by atoms with Crippen LogP contribution in [0.4, 0.5) is 34.1 Å². The van der Waals surface area contributed by atoms with Gasteiger partial charge >= 0.3 is 0 Å². The molecule has 15 aromatic rings. The Bertz CT molecular complexity index is 5040. The lowest BCUT2D eigenvalue weighted by Gasteiger charge is -2.47. The fourth-order valence-corrected chi connectivity index (χ4v) is 17.0. The summed E-state index contributed by atoms with van der Waals surface area (Å²) >= 11 is 0. The molecule has 2 heterocycles. The van der Waals surface area contributed by atoms with Gasteiger partial charge in [-0.1, -0.05) is 323 Å². The summed E-state index contributed by atoms with van der Waals surface area (Å²) in [6.07, 6.45) is 0. The highest BCUT2D eigenvalue weighted by Crippen LogP contribution is 2.63. The van der Waals surface area contributed by atoms with Gasteiger partial charge in [-0.25, -0.2) is 0 Å². The zero-order valence-electron chi connectivity index (χ0n) is 51.9. The Morgan fingerprint density at radius 1 is 0.215 bits per heavy atom. The monoisotopic (exact) mass is 1180 g/mol. The van der Waals surface area contributed by atoms with Crippen molar-refractivity contribution < 1.29 is 0 Å². The third kappa shape index (κ3) is 7.82. The molecule has 0 unspecified atom stereocenters. The van der Waals surface area contributed by atoms with E-state index in [1.807, 2.05) is 0 Å².